The molecule has 0 saturated heterocycles. The van der Waals surface area contributed by atoms with E-state index in [1.165, 1.54) is 10.9 Å². The highest BCUT2D eigenvalue weighted by Crippen LogP contribution is 2.18. The second-order valence-electron chi connectivity index (χ2n) is 5.84. The first-order valence-corrected chi connectivity index (χ1v) is 8.23. The van der Waals surface area contributed by atoms with Gasteiger partial charge in [0.15, 0.2) is 0 Å². The van der Waals surface area contributed by atoms with E-state index in [9.17, 15) is 9.59 Å². The van der Waals surface area contributed by atoms with Crippen LogP contribution in [0, 0.1) is 6.92 Å². The van der Waals surface area contributed by atoms with Gasteiger partial charge in [-0.2, -0.15) is 0 Å². The Bertz CT molecular complexity index is 1260. The van der Waals surface area contributed by atoms with E-state index in [-0.39, 0.29) is 11.2 Å². The van der Waals surface area contributed by atoms with Crippen molar-refractivity contribution in [3.8, 4) is 5.69 Å². The first kappa shape index (κ1) is 16.2. The Kier molecular flexibility index (Phi) is 3.85. The molecule has 3 N–H and O–H groups in total. The van der Waals surface area contributed by atoms with Gasteiger partial charge in [-0.25, -0.2) is 9.48 Å². The van der Waals surface area contributed by atoms with E-state index < -0.39 is 0 Å². The third-order valence-corrected chi connectivity index (χ3v) is 4.26. The van der Waals surface area contributed by atoms with Gasteiger partial charge >= 0.3 is 5.69 Å². The fourth-order valence-corrected chi connectivity index (χ4v) is 2.93. The summed E-state index contributed by atoms with van der Waals surface area (Å²) in [6.45, 7) is 1.80. The van der Waals surface area contributed by atoms with Gasteiger partial charge in [-0.05, 0) is 43.3 Å². The number of hydrogen-bond donors (Lipinski definition) is 3. The number of hydrogen-bond acceptors (Lipinski definition) is 3. The molecule has 0 saturated carbocycles. The van der Waals surface area contributed by atoms with Crippen LogP contribution in [0.4, 0.5) is 5.69 Å². The Labute approximate surface area is 152 Å². The van der Waals surface area contributed by atoms with Gasteiger partial charge in [0.25, 0.3) is 5.56 Å². The lowest BCUT2D eigenvalue weighted by atomic mass is 10.2. The van der Waals surface area contributed by atoms with Crippen molar-refractivity contribution in [1.82, 2.24) is 19.7 Å². The number of rotatable bonds is 3. The number of benzene rings is 2. The van der Waals surface area contributed by atoms with E-state index in [4.69, 9.17) is 11.6 Å². The Morgan fingerprint density at radius 3 is 2.69 bits per heavy atom. The second-order valence-corrected chi connectivity index (χ2v) is 6.27. The summed E-state index contributed by atoms with van der Waals surface area (Å²) in [5.74, 6) is 0. The van der Waals surface area contributed by atoms with Crippen molar-refractivity contribution >= 4 is 34.5 Å². The van der Waals surface area contributed by atoms with Crippen LogP contribution in [0.5, 0.6) is 0 Å². The third kappa shape index (κ3) is 2.89. The molecule has 2 aromatic heterocycles. The molecule has 7 nitrogen and oxygen atoms in total. The lowest BCUT2D eigenvalue weighted by Crippen LogP contribution is -2.17. The summed E-state index contributed by atoms with van der Waals surface area (Å²) >= 11 is 6.00. The van der Waals surface area contributed by atoms with E-state index in [2.05, 4.69) is 20.1 Å². The SMILES string of the molecule is Cc1[nH]n(-c2cccc(Cl)c2)c(=O)c1C=Nc1ccc2[nH]c(=O)[nH]c2c1. The van der Waals surface area contributed by atoms with Gasteiger partial charge in [0, 0.05) is 16.9 Å². The van der Waals surface area contributed by atoms with Crippen LogP contribution in [0.3, 0.4) is 0 Å². The predicted octanol–water partition coefficient (Wildman–Crippen LogP) is 3.05. The highest BCUT2D eigenvalue weighted by molar-refractivity contribution is 6.30. The highest BCUT2D eigenvalue weighted by atomic mass is 35.5. The molecule has 26 heavy (non-hydrogen) atoms. The molecule has 0 unspecified atom stereocenters. The quantitative estimate of drug-likeness (QED) is 0.485. The maximum absolute atomic E-state index is 12.7. The van der Waals surface area contributed by atoms with Gasteiger partial charge in [0.05, 0.1) is 28.0 Å². The van der Waals surface area contributed by atoms with Crippen molar-refractivity contribution in [2.75, 3.05) is 0 Å². The number of aromatic nitrogens is 4. The Balaban J connectivity index is 1.72. The normalized spacial score (nSPS) is 11.6. The fraction of sp³-hybridized carbons (Fsp3) is 0.0556. The fourth-order valence-electron chi connectivity index (χ4n) is 2.75. The molecule has 0 radical (unpaired) electrons. The average molecular weight is 368 g/mol. The minimum absolute atomic E-state index is 0.218. The van der Waals surface area contributed by atoms with E-state index in [0.29, 0.717) is 38.7 Å². The summed E-state index contributed by atoms with van der Waals surface area (Å²) in [7, 11) is 0. The van der Waals surface area contributed by atoms with Gasteiger partial charge in [0.2, 0.25) is 0 Å². The lowest BCUT2D eigenvalue weighted by molar-refractivity contribution is 0.835. The van der Waals surface area contributed by atoms with Crippen LogP contribution >= 0.6 is 11.6 Å². The predicted molar refractivity (Wildman–Crippen MR) is 102 cm³/mol. The maximum atomic E-state index is 12.7. The zero-order valence-electron chi connectivity index (χ0n) is 13.7. The minimum atomic E-state index is -0.271. The molecule has 0 spiro atoms. The summed E-state index contributed by atoms with van der Waals surface area (Å²) in [6.07, 6.45) is 1.52. The number of halogens is 1. The first-order chi connectivity index (χ1) is 12.5. The van der Waals surface area contributed by atoms with E-state index in [1.54, 1.807) is 49.4 Å². The van der Waals surface area contributed by atoms with Crippen LogP contribution in [-0.2, 0) is 0 Å². The summed E-state index contributed by atoms with van der Waals surface area (Å²) < 4.78 is 1.43. The van der Waals surface area contributed by atoms with Crippen LogP contribution in [0.1, 0.15) is 11.3 Å². The number of nitrogens with zero attached hydrogens (tertiary/aromatic N) is 2. The summed E-state index contributed by atoms with van der Waals surface area (Å²) in [6, 6.07) is 12.3. The molecule has 4 rings (SSSR count). The van der Waals surface area contributed by atoms with Crippen molar-refractivity contribution in [3.63, 3.8) is 0 Å². The number of H-pyrrole nitrogens is 3. The first-order valence-electron chi connectivity index (χ1n) is 7.85. The molecule has 2 heterocycles. The number of aromatic amines is 3. The lowest BCUT2D eigenvalue weighted by Gasteiger charge is -2.01. The molecule has 0 aliphatic heterocycles. The van der Waals surface area contributed by atoms with Gasteiger partial charge in [0.1, 0.15) is 0 Å². The van der Waals surface area contributed by atoms with Crippen molar-refractivity contribution in [2.24, 2.45) is 4.99 Å². The zero-order chi connectivity index (χ0) is 18.3. The number of aryl methyl sites for hydroxylation is 1. The number of nitrogens with one attached hydrogen (secondary N) is 3. The van der Waals surface area contributed by atoms with Crippen LogP contribution < -0.4 is 11.2 Å². The van der Waals surface area contributed by atoms with Gasteiger partial charge in [-0.15, -0.1) is 0 Å². The third-order valence-electron chi connectivity index (χ3n) is 4.03. The Morgan fingerprint density at radius 2 is 1.88 bits per heavy atom. The Morgan fingerprint density at radius 1 is 1.08 bits per heavy atom. The molecule has 0 aliphatic rings. The molecule has 8 heteroatoms. The van der Waals surface area contributed by atoms with Gasteiger partial charge in [-0.3, -0.25) is 14.9 Å². The van der Waals surface area contributed by atoms with Crippen LogP contribution in [0.15, 0.2) is 57.0 Å². The molecule has 130 valence electrons. The van der Waals surface area contributed by atoms with E-state index in [0.717, 1.165) is 0 Å². The zero-order valence-corrected chi connectivity index (χ0v) is 14.5. The maximum Gasteiger partial charge on any atom is 0.323 e. The largest absolute Gasteiger partial charge is 0.323 e. The van der Waals surface area contributed by atoms with Crippen LogP contribution in [0.25, 0.3) is 16.7 Å². The van der Waals surface area contributed by atoms with E-state index >= 15 is 0 Å². The van der Waals surface area contributed by atoms with Crippen LogP contribution in [0.2, 0.25) is 5.02 Å². The van der Waals surface area contributed by atoms with Crippen molar-refractivity contribution in [1.29, 1.82) is 0 Å². The Hall–Kier alpha value is -3.32. The van der Waals surface area contributed by atoms with E-state index in [1.807, 2.05) is 0 Å². The number of fused-ring (bicyclic) bond motifs is 1. The summed E-state index contributed by atoms with van der Waals surface area (Å²) in [5.41, 5.74) is 3.29. The molecular formula is C18H14ClN5O2. The summed E-state index contributed by atoms with van der Waals surface area (Å²) in [5, 5.41) is 3.57. The van der Waals surface area contributed by atoms with Gasteiger partial charge < -0.3 is 9.97 Å². The molecule has 0 amide bonds. The molecule has 0 aliphatic carbocycles. The molecular weight excluding hydrogens is 354 g/mol. The molecule has 0 bridgehead atoms. The molecule has 4 aromatic rings. The molecule has 0 atom stereocenters. The van der Waals surface area contributed by atoms with Crippen LogP contribution in [-0.4, -0.2) is 26.0 Å². The standard InChI is InChI=1S/C18H14ClN5O2/c1-10-14(17(25)24(23-10)13-4-2-3-11(19)7-13)9-20-12-5-6-15-16(8-12)22-18(26)21-15/h2-9,23H,1H3,(H2,21,22,26). The smallest absolute Gasteiger partial charge is 0.306 e. The topological polar surface area (TPSA) is 98.8 Å². The summed E-state index contributed by atoms with van der Waals surface area (Å²) in [4.78, 5) is 33.7. The van der Waals surface area contributed by atoms with Crippen molar-refractivity contribution < 1.29 is 0 Å². The monoisotopic (exact) mass is 367 g/mol. The van der Waals surface area contributed by atoms with Crippen molar-refractivity contribution in [2.45, 2.75) is 6.92 Å². The van der Waals surface area contributed by atoms with Crippen molar-refractivity contribution in [3.05, 3.63) is 79.6 Å². The highest BCUT2D eigenvalue weighted by Gasteiger charge is 2.11. The number of imidazole rings is 1. The van der Waals surface area contributed by atoms with Gasteiger partial charge in [-0.1, -0.05) is 17.7 Å². The molecule has 2 aromatic carbocycles. The minimum Gasteiger partial charge on any atom is -0.306 e. The molecule has 0 fully saturated rings. The average Bonchev–Trinajstić information content (AvgIpc) is 3.11. The second kappa shape index (κ2) is 6.20. The number of aliphatic imine (C=N–C) groups is 1.